The van der Waals surface area contributed by atoms with Crippen LogP contribution in [0.15, 0.2) is 0 Å². The third-order valence-electron chi connectivity index (χ3n) is 8.53. The lowest BCUT2D eigenvalue weighted by molar-refractivity contribution is -0.255. The number of aliphatic hydroxyl groups excluding tert-OH is 12. The van der Waals surface area contributed by atoms with Gasteiger partial charge in [0.1, 0.15) is 91.6 Å². The zero-order valence-corrected chi connectivity index (χ0v) is 24.1. The van der Waals surface area contributed by atoms with Crippen LogP contribution in [0, 0.1) is 0 Å². The molecular formula is C25H42O21. The first-order chi connectivity index (χ1) is 21.9. The first-order valence-corrected chi connectivity index (χ1v) is 14.7. The van der Waals surface area contributed by atoms with Gasteiger partial charge in [-0.15, -0.1) is 0 Å². The summed E-state index contributed by atoms with van der Waals surface area (Å²) in [6.07, 6.45) is -29.4. The van der Waals surface area contributed by atoms with E-state index in [0.717, 1.165) is 0 Å². The summed E-state index contributed by atoms with van der Waals surface area (Å²) < 4.78 is 49.4. The molecule has 0 bridgehead atoms. The molecule has 0 aliphatic carbocycles. The largest absolute Gasteiger partial charge is 0.394 e. The second-order valence-corrected chi connectivity index (χ2v) is 11.6. The van der Waals surface area contributed by atoms with Crippen LogP contribution in [0.4, 0.5) is 0 Å². The van der Waals surface area contributed by atoms with E-state index in [-0.39, 0.29) is 0 Å². The highest BCUT2D eigenvalue weighted by Gasteiger charge is 2.55. The van der Waals surface area contributed by atoms with Gasteiger partial charge in [-0.1, -0.05) is 0 Å². The highest BCUT2D eigenvalue weighted by atomic mass is 16.8. The van der Waals surface area contributed by atoms with E-state index >= 15 is 0 Å². The molecule has 0 radical (unpaired) electrons. The molecule has 5 heterocycles. The first kappa shape index (κ1) is 36.4. The van der Waals surface area contributed by atoms with E-state index in [9.17, 15) is 61.3 Å². The molecule has 0 aromatic heterocycles. The summed E-state index contributed by atoms with van der Waals surface area (Å²) in [6.45, 7) is -2.96. The molecule has 20 atom stereocenters. The Balaban J connectivity index is 1.25. The Morgan fingerprint density at radius 2 is 0.804 bits per heavy atom. The molecule has 21 heteroatoms. The van der Waals surface area contributed by atoms with Crippen molar-refractivity contribution in [3.05, 3.63) is 0 Å². The molecule has 5 aliphatic rings. The van der Waals surface area contributed by atoms with Crippen LogP contribution in [-0.2, 0) is 42.6 Å². The van der Waals surface area contributed by atoms with Crippen molar-refractivity contribution in [1.82, 2.24) is 0 Å². The average Bonchev–Trinajstić information content (AvgIpc) is 3.76. The van der Waals surface area contributed by atoms with Crippen molar-refractivity contribution in [2.45, 2.75) is 123 Å². The van der Waals surface area contributed by atoms with Crippen molar-refractivity contribution >= 4 is 0 Å². The Bertz CT molecular complexity index is 965. The maximum absolute atomic E-state index is 11.1. The van der Waals surface area contributed by atoms with E-state index in [1.54, 1.807) is 0 Å². The Kier molecular flexibility index (Phi) is 12.2. The van der Waals surface area contributed by atoms with Crippen LogP contribution in [0.2, 0.25) is 0 Å². The molecule has 0 aromatic rings. The van der Waals surface area contributed by atoms with Gasteiger partial charge in [0, 0.05) is 0 Å². The van der Waals surface area contributed by atoms with Gasteiger partial charge < -0.3 is 104 Å². The number of aliphatic hydroxyl groups is 12. The molecule has 5 rings (SSSR count). The van der Waals surface area contributed by atoms with E-state index in [4.69, 9.17) is 42.6 Å². The summed E-state index contributed by atoms with van der Waals surface area (Å²) >= 11 is 0. The van der Waals surface area contributed by atoms with Gasteiger partial charge in [0.25, 0.3) is 0 Å². The second kappa shape index (κ2) is 15.4. The Morgan fingerprint density at radius 1 is 0.370 bits per heavy atom. The zero-order valence-electron chi connectivity index (χ0n) is 24.1. The lowest BCUT2D eigenvalue weighted by Crippen LogP contribution is -2.46. The monoisotopic (exact) mass is 678 g/mol. The van der Waals surface area contributed by atoms with E-state index < -0.39 is 156 Å². The predicted octanol–water partition coefficient (Wildman–Crippen LogP) is -8.73. The van der Waals surface area contributed by atoms with Crippen molar-refractivity contribution in [2.75, 3.05) is 33.0 Å². The fourth-order valence-electron chi connectivity index (χ4n) is 5.79. The molecule has 0 unspecified atom stereocenters. The summed E-state index contributed by atoms with van der Waals surface area (Å²) in [6, 6.07) is 0. The number of hydrogen-bond acceptors (Lipinski definition) is 21. The van der Waals surface area contributed by atoms with Crippen molar-refractivity contribution < 1.29 is 104 Å². The molecule has 0 saturated carbocycles. The molecule has 46 heavy (non-hydrogen) atoms. The fourth-order valence-corrected chi connectivity index (χ4v) is 5.79. The van der Waals surface area contributed by atoms with Crippen LogP contribution >= 0.6 is 0 Å². The highest BCUT2D eigenvalue weighted by Crippen LogP contribution is 2.35. The number of hydrogen-bond donors (Lipinski definition) is 12. The van der Waals surface area contributed by atoms with Crippen LogP contribution in [0.5, 0.6) is 0 Å². The normalized spacial score (nSPS) is 52.7. The second-order valence-electron chi connectivity index (χ2n) is 11.6. The standard InChI is InChI=1S/C25H42O21/c26-1-6-11(29)16(34)22(41-6)38-5-10-14(32)20(25(44-10)39-4-9-13(31)15(33)21(37)40-9)46-24-18(36)19(8(3-28)43-24)45-23-17(35)12(30)7(2-27)42-23/h6-37H,1-5H2/t6-,7-,8-,9-,10-,11-,12-,13-,14-,15+,16+,17+,18+,19-,20+,21+,22+,23+,24-,25+/m1/s1. The van der Waals surface area contributed by atoms with E-state index in [2.05, 4.69) is 0 Å². The number of ether oxygens (including phenoxy) is 9. The van der Waals surface area contributed by atoms with Crippen molar-refractivity contribution in [2.24, 2.45) is 0 Å². The zero-order chi connectivity index (χ0) is 33.4. The molecule has 5 fully saturated rings. The fraction of sp³-hybridized carbons (Fsp3) is 1.00. The Labute approximate surface area is 260 Å². The molecule has 0 amide bonds. The molecule has 12 N–H and O–H groups in total. The quantitative estimate of drug-likeness (QED) is 0.0860. The third-order valence-corrected chi connectivity index (χ3v) is 8.53. The van der Waals surface area contributed by atoms with Gasteiger partial charge >= 0.3 is 0 Å². The maximum atomic E-state index is 11.1. The Morgan fingerprint density at radius 3 is 1.35 bits per heavy atom. The molecule has 21 nitrogen and oxygen atoms in total. The van der Waals surface area contributed by atoms with Crippen molar-refractivity contribution in [1.29, 1.82) is 0 Å². The van der Waals surface area contributed by atoms with E-state index in [0.29, 0.717) is 0 Å². The van der Waals surface area contributed by atoms with Crippen LogP contribution in [0.3, 0.4) is 0 Å². The minimum absolute atomic E-state index is 0.488. The summed E-state index contributed by atoms with van der Waals surface area (Å²) in [4.78, 5) is 0. The molecule has 268 valence electrons. The van der Waals surface area contributed by atoms with Gasteiger partial charge in [-0.05, 0) is 0 Å². The average molecular weight is 679 g/mol. The molecule has 0 aromatic carbocycles. The summed E-state index contributed by atoms with van der Waals surface area (Å²) in [5.74, 6) is 0. The summed E-state index contributed by atoms with van der Waals surface area (Å²) in [7, 11) is 0. The van der Waals surface area contributed by atoms with Gasteiger partial charge in [0.05, 0.1) is 33.0 Å². The minimum atomic E-state index is -1.70. The lowest BCUT2D eigenvalue weighted by Gasteiger charge is -2.27. The van der Waals surface area contributed by atoms with Gasteiger partial charge in [-0.3, -0.25) is 0 Å². The van der Waals surface area contributed by atoms with E-state index in [1.165, 1.54) is 0 Å². The molecule has 5 aliphatic heterocycles. The predicted molar refractivity (Wildman–Crippen MR) is 136 cm³/mol. The molecule has 0 spiro atoms. The SMILES string of the molecule is OC[C@H]1O[C@@H](O[C@H]2[C@H](O)[C@@H](O[C@@H]3[C@@H](OC[C@H]4O[C@H](O)[C@@H](O)[C@@H]4O)O[C@H](CO[C@H]4O[C@H](CO)[C@@H](O)[C@@H]4O)[C@H]3O)O[C@@H]2CO)[C@@H](O)[C@@H]1O. The summed E-state index contributed by atoms with van der Waals surface area (Å²) in [5.41, 5.74) is 0. The molecular weight excluding hydrogens is 636 g/mol. The minimum Gasteiger partial charge on any atom is -0.394 e. The maximum Gasteiger partial charge on any atom is 0.187 e. The Hall–Kier alpha value is -0.840. The summed E-state index contributed by atoms with van der Waals surface area (Å²) in [5, 5.41) is 121. The smallest absolute Gasteiger partial charge is 0.187 e. The third kappa shape index (κ3) is 7.21. The number of rotatable bonds is 13. The van der Waals surface area contributed by atoms with Crippen LogP contribution in [0.25, 0.3) is 0 Å². The van der Waals surface area contributed by atoms with E-state index in [1.807, 2.05) is 0 Å². The van der Waals surface area contributed by atoms with Gasteiger partial charge in [-0.25, -0.2) is 0 Å². The van der Waals surface area contributed by atoms with Crippen LogP contribution in [0.1, 0.15) is 0 Å². The van der Waals surface area contributed by atoms with Crippen molar-refractivity contribution in [3.63, 3.8) is 0 Å². The van der Waals surface area contributed by atoms with Crippen molar-refractivity contribution in [3.8, 4) is 0 Å². The van der Waals surface area contributed by atoms with Crippen LogP contribution < -0.4 is 0 Å². The first-order valence-electron chi connectivity index (χ1n) is 14.7. The molecule has 5 saturated heterocycles. The van der Waals surface area contributed by atoms with Gasteiger partial charge in [-0.2, -0.15) is 0 Å². The van der Waals surface area contributed by atoms with Gasteiger partial charge in [0.15, 0.2) is 31.5 Å². The lowest BCUT2D eigenvalue weighted by atomic mass is 10.1. The topological polar surface area (TPSA) is 326 Å². The van der Waals surface area contributed by atoms with Gasteiger partial charge in [0.2, 0.25) is 0 Å². The van der Waals surface area contributed by atoms with Crippen LogP contribution in [-0.4, -0.2) is 217 Å². The highest BCUT2D eigenvalue weighted by molar-refractivity contribution is 4.96.